The van der Waals surface area contributed by atoms with Gasteiger partial charge in [-0.1, -0.05) is 11.6 Å². The maximum absolute atomic E-state index is 13.1. The number of nitrogen functional groups attached to an aromatic ring is 1. The first-order chi connectivity index (χ1) is 7.09. The molecule has 15 heavy (non-hydrogen) atoms. The van der Waals surface area contributed by atoms with Crippen molar-refractivity contribution in [2.45, 2.75) is 0 Å². The summed E-state index contributed by atoms with van der Waals surface area (Å²) in [6.07, 6.45) is 1.51. The van der Waals surface area contributed by atoms with Crippen LogP contribution in [-0.4, -0.2) is 9.78 Å². The molecule has 0 atom stereocenters. The van der Waals surface area contributed by atoms with E-state index in [1.54, 1.807) is 11.7 Å². The average molecular weight is 226 g/mol. The topological polar surface area (TPSA) is 43.8 Å². The van der Waals surface area contributed by atoms with Crippen LogP contribution < -0.4 is 5.73 Å². The van der Waals surface area contributed by atoms with Gasteiger partial charge < -0.3 is 5.73 Å². The largest absolute Gasteiger partial charge is 0.396 e. The van der Waals surface area contributed by atoms with E-state index in [9.17, 15) is 4.39 Å². The first kappa shape index (κ1) is 9.98. The second kappa shape index (κ2) is 3.55. The maximum Gasteiger partial charge on any atom is 0.123 e. The number of hydrogen-bond donors (Lipinski definition) is 1. The molecule has 1 aromatic heterocycles. The monoisotopic (exact) mass is 225 g/mol. The summed E-state index contributed by atoms with van der Waals surface area (Å²) >= 11 is 5.97. The first-order valence-corrected chi connectivity index (χ1v) is 4.70. The van der Waals surface area contributed by atoms with E-state index in [2.05, 4.69) is 5.10 Å². The fourth-order valence-electron chi connectivity index (χ4n) is 1.46. The summed E-state index contributed by atoms with van der Waals surface area (Å²) in [6, 6.07) is 4.15. The van der Waals surface area contributed by atoms with Crippen molar-refractivity contribution in [1.29, 1.82) is 0 Å². The summed E-state index contributed by atoms with van der Waals surface area (Å²) in [7, 11) is 1.73. The normalized spacial score (nSPS) is 10.6. The minimum Gasteiger partial charge on any atom is -0.396 e. The molecule has 78 valence electrons. The van der Waals surface area contributed by atoms with Gasteiger partial charge in [0, 0.05) is 12.6 Å². The molecule has 0 spiro atoms. The molecule has 5 heteroatoms. The van der Waals surface area contributed by atoms with Gasteiger partial charge in [0.25, 0.3) is 0 Å². The van der Waals surface area contributed by atoms with Gasteiger partial charge in [-0.05, 0) is 18.2 Å². The molecule has 2 N–H and O–H groups in total. The van der Waals surface area contributed by atoms with Crippen LogP contribution >= 0.6 is 11.6 Å². The number of rotatable bonds is 1. The van der Waals surface area contributed by atoms with E-state index in [0.717, 1.165) is 0 Å². The first-order valence-electron chi connectivity index (χ1n) is 4.32. The van der Waals surface area contributed by atoms with Gasteiger partial charge in [-0.3, -0.25) is 4.68 Å². The fraction of sp³-hybridized carbons (Fsp3) is 0.100. The highest BCUT2D eigenvalue weighted by atomic mass is 35.5. The Morgan fingerprint density at radius 3 is 2.80 bits per heavy atom. The summed E-state index contributed by atoms with van der Waals surface area (Å²) in [4.78, 5) is 0. The van der Waals surface area contributed by atoms with Crippen molar-refractivity contribution in [3.8, 4) is 11.3 Å². The fourth-order valence-corrected chi connectivity index (χ4v) is 1.67. The van der Waals surface area contributed by atoms with E-state index in [-0.39, 0.29) is 5.82 Å². The standard InChI is InChI=1S/C10H9ClFN3/c1-15-10(9(13)5-14-15)7-4-6(12)2-3-8(7)11/h2-5H,13H2,1H3. The summed E-state index contributed by atoms with van der Waals surface area (Å²) in [5.41, 5.74) is 7.38. The maximum atomic E-state index is 13.1. The zero-order valence-corrected chi connectivity index (χ0v) is 8.79. The van der Waals surface area contributed by atoms with Gasteiger partial charge >= 0.3 is 0 Å². The summed E-state index contributed by atoms with van der Waals surface area (Å²) in [5, 5.41) is 4.42. The van der Waals surface area contributed by atoms with Crippen molar-refractivity contribution in [3.63, 3.8) is 0 Å². The Balaban J connectivity index is 2.68. The number of nitrogens with zero attached hydrogens (tertiary/aromatic N) is 2. The van der Waals surface area contributed by atoms with Crippen molar-refractivity contribution in [1.82, 2.24) is 9.78 Å². The number of benzene rings is 1. The Morgan fingerprint density at radius 1 is 1.47 bits per heavy atom. The van der Waals surface area contributed by atoms with Crippen LogP contribution in [0.3, 0.4) is 0 Å². The predicted octanol–water partition coefficient (Wildman–Crippen LogP) is 2.46. The molecule has 0 radical (unpaired) electrons. The summed E-state index contributed by atoms with van der Waals surface area (Å²) < 4.78 is 14.6. The van der Waals surface area contributed by atoms with Gasteiger partial charge in [-0.2, -0.15) is 5.10 Å². The molecule has 0 aliphatic heterocycles. The van der Waals surface area contributed by atoms with E-state index in [1.807, 2.05) is 0 Å². The van der Waals surface area contributed by atoms with Crippen molar-refractivity contribution >= 4 is 17.3 Å². The van der Waals surface area contributed by atoms with Gasteiger partial charge in [-0.15, -0.1) is 0 Å². The highest BCUT2D eigenvalue weighted by molar-refractivity contribution is 6.33. The zero-order valence-electron chi connectivity index (χ0n) is 8.04. The van der Waals surface area contributed by atoms with E-state index in [0.29, 0.717) is 22.0 Å². The lowest BCUT2D eigenvalue weighted by Crippen LogP contribution is -1.96. The molecule has 0 aliphatic carbocycles. The van der Waals surface area contributed by atoms with Gasteiger partial charge in [0.15, 0.2) is 0 Å². The molecule has 2 rings (SSSR count). The molecule has 0 bridgehead atoms. The number of hydrogen-bond acceptors (Lipinski definition) is 2. The lowest BCUT2D eigenvalue weighted by Gasteiger charge is -2.06. The molecular weight excluding hydrogens is 217 g/mol. The summed E-state index contributed by atoms with van der Waals surface area (Å²) in [5.74, 6) is -0.352. The number of halogens is 2. The third kappa shape index (κ3) is 1.68. The molecule has 0 fully saturated rings. The molecule has 1 aromatic carbocycles. The van der Waals surface area contributed by atoms with Crippen molar-refractivity contribution in [3.05, 3.63) is 35.2 Å². The van der Waals surface area contributed by atoms with Crippen LogP contribution in [0.25, 0.3) is 11.3 Å². The molecule has 1 heterocycles. The van der Waals surface area contributed by atoms with Gasteiger partial charge in [0.05, 0.1) is 22.6 Å². The molecule has 0 saturated heterocycles. The van der Waals surface area contributed by atoms with E-state index in [1.165, 1.54) is 24.4 Å². The minimum atomic E-state index is -0.352. The third-order valence-electron chi connectivity index (χ3n) is 2.15. The van der Waals surface area contributed by atoms with Crippen molar-refractivity contribution < 1.29 is 4.39 Å². The van der Waals surface area contributed by atoms with E-state index >= 15 is 0 Å². The Morgan fingerprint density at radius 2 is 2.20 bits per heavy atom. The third-order valence-corrected chi connectivity index (χ3v) is 2.48. The minimum absolute atomic E-state index is 0.352. The molecule has 2 aromatic rings. The number of nitrogens with two attached hydrogens (primary N) is 1. The molecule has 0 aliphatic rings. The quantitative estimate of drug-likeness (QED) is 0.810. The average Bonchev–Trinajstić information content (AvgIpc) is 2.51. The van der Waals surface area contributed by atoms with Crippen LogP contribution in [0.1, 0.15) is 0 Å². The predicted molar refractivity (Wildman–Crippen MR) is 58.0 cm³/mol. The van der Waals surface area contributed by atoms with E-state index in [4.69, 9.17) is 17.3 Å². The van der Waals surface area contributed by atoms with Gasteiger partial charge in [-0.25, -0.2) is 4.39 Å². The van der Waals surface area contributed by atoms with Crippen molar-refractivity contribution in [2.24, 2.45) is 7.05 Å². The van der Waals surface area contributed by atoms with Crippen LogP contribution in [-0.2, 0) is 7.05 Å². The van der Waals surface area contributed by atoms with Crippen LogP contribution in [0.15, 0.2) is 24.4 Å². The van der Waals surface area contributed by atoms with Crippen LogP contribution in [0.4, 0.5) is 10.1 Å². The van der Waals surface area contributed by atoms with Gasteiger partial charge in [0.1, 0.15) is 5.82 Å². The van der Waals surface area contributed by atoms with Crippen LogP contribution in [0, 0.1) is 5.82 Å². The molecular formula is C10H9ClFN3. The number of anilines is 1. The van der Waals surface area contributed by atoms with Crippen molar-refractivity contribution in [2.75, 3.05) is 5.73 Å². The Hall–Kier alpha value is -1.55. The summed E-state index contributed by atoms with van der Waals surface area (Å²) in [6.45, 7) is 0. The second-order valence-corrected chi connectivity index (χ2v) is 3.60. The smallest absolute Gasteiger partial charge is 0.123 e. The highest BCUT2D eigenvalue weighted by Gasteiger charge is 2.12. The second-order valence-electron chi connectivity index (χ2n) is 3.20. The van der Waals surface area contributed by atoms with Crippen LogP contribution in [0.5, 0.6) is 0 Å². The Labute approximate surface area is 91.3 Å². The van der Waals surface area contributed by atoms with E-state index < -0.39 is 0 Å². The number of aryl methyl sites for hydroxylation is 1. The SMILES string of the molecule is Cn1ncc(N)c1-c1cc(F)ccc1Cl. The molecule has 3 nitrogen and oxygen atoms in total. The lowest BCUT2D eigenvalue weighted by atomic mass is 10.1. The molecule has 0 amide bonds. The molecule has 0 unspecified atom stereocenters. The Kier molecular flexibility index (Phi) is 2.36. The lowest BCUT2D eigenvalue weighted by molar-refractivity contribution is 0.628. The zero-order chi connectivity index (χ0) is 11.0. The Bertz CT molecular complexity index is 488. The highest BCUT2D eigenvalue weighted by Crippen LogP contribution is 2.31. The number of aromatic nitrogens is 2. The van der Waals surface area contributed by atoms with Gasteiger partial charge in [0.2, 0.25) is 0 Å². The molecule has 0 saturated carbocycles. The van der Waals surface area contributed by atoms with Crippen LogP contribution in [0.2, 0.25) is 5.02 Å².